The molecule has 0 saturated carbocycles. The number of nitrogens with zero attached hydrogens (tertiary/aromatic N) is 1. The number of para-hydroxylation sites is 1. The Morgan fingerprint density at radius 1 is 0.811 bits per heavy atom. The highest BCUT2D eigenvalue weighted by Crippen LogP contribution is 2.56. The van der Waals surface area contributed by atoms with Crippen molar-refractivity contribution in [2.24, 2.45) is 5.92 Å². The molecule has 182 valence electrons. The van der Waals surface area contributed by atoms with E-state index in [1.54, 1.807) is 35.2 Å². The molecular weight excluding hydrogens is 528 g/mol. The number of carbonyl (C=O) groups is 3. The van der Waals surface area contributed by atoms with Gasteiger partial charge in [0.05, 0.1) is 5.92 Å². The molecule has 5 nitrogen and oxygen atoms in total. The Bertz CT molecular complexity index is 1520. The van der Waals surface area contributed by atoms with E-state index in [4.69, 9.17) is 0 Å². The smallest absolute Gasteiger partial charge is 0.255 e. The number of rotatable bonds is 4. The highest BCUT2D eigenvalue weighted by molar-refractivity contribution is 9.10. The van der Waals surface area contributed by atoms with Crippen molar-refractivity contribution in [2.45, 2.75) is 11.5 Å². The summed E-state index contributed by atoms with van der Waals surface area (Å²) in [4.78, 5) is 44.3. The topological polar surface area (TPSA) is 66.5 Å². The molecule has 2 aliphatic rings. The zero-order valence-electron chi connectivity index (χ0n) is 19.8. The minimum atomic E-state index is -1.50. The van der Waals surface area contributed by atoms with Crippen LogP contribution in [0.5, 0.6) is 0 Å². The van der Waals surface area contributed by atoms with E-state index in [-0.39, 0.29) is 30.1 Å². The van der Waals surface area contributed by atoms with Gasteiger partial charge in [-0.25, -0.2) is 0 Å². The number of carbonyl (C=O) groups excluding carboxylic acids is 3. The molecule has 3 unspecified atom stereocenters. The molecule has 1 saturated heterocycles. The van der Waals surface area contributed by atoms with Crippen LogP contribution in [0.3, 0.4) is 0 Å². The number of ketones is 1. The average molecular weight is 551 g/mol. The predicted molar refractivity (Wildman–Crippen MR) is 145 cm³/mol. The first-order chi connectivity index (χ1) is 18.0. The number of fused-ring (bicyclic) bond motifs is 2. The zero-order chi connectivity index (χ0) is 25.6. The number of halogens is 1. The number of nitrogens with one attached hydrogen (secondary N) is 1. The van der Waals surface area contributed by atoms with Crippen molar-refractivity contribution in [3.63, 3.8) is 0 Å². The van der Waals surface area contributed by atoms with Crippen LogP contribution in [0.15, 0.2) is 114 Å². The Labute approximate surface area is 223 Å². The second-order valence-electron chi connectivity index (χ2n) is 9.42. The monoisotopic (exact) mass is 550 g/mol. The number of Topliss-reactive ketones (excluding diaryl/α,β-unsaturated/α-hetero) is 1. The van der Waals surface area contributed by atoms with Crippen LogP contribution in [0.4, 0.5) is 5.69 Å². The molecule has 1 spiro atoms. The van der Waals surface area contributed by atoms with Crippen LogP contribution in [0.1, 0.15) is 37.8 Å². The van der Waals surface area contributed by atoms with E-state index < -0.39 is 11.5 Å². The average Bonchev–Trinajstić information content (AvgIpc) is 3.44. The summed E-state index contributed by atoms with van der Waals surface area (Å²) >= 11 is 3.46. The van der Waals surface area contributed by atoms with E-state index in [1.807, 2.05) is 78.9 Å². The van der Waals surface area contributed by atoms with E-state index >= 15 is 0 Å². The second kappa shape index (κ2) is 9.12. The molecule has 2 aliphatic heterocycles. The largest absolute Gasteiger partial charge is 0.323 e. The number of anilines is 1. The van der Waals surface area contributed by atoms with Crippen LogP contribution < -0.4 is 5.32 Å². The lowest BCUT2D eigenvalue weighted by molar-refractivity contribution is -0.126. The summed E-state index contributed by atoms with van der Waals surface area (Å²) in [6, 6.07) is 33.3. The summed E-state index contributed by atoms with van der Waals surface area (Å²) in [7, 11) is 0. The molecule has 0 bridgehead atoms. The maximum absolute atomic E-state index is 14.4. The molecule has 6 rings (SSSR count). The van der Waals surface area contributed by atoms with Gasteiger partial charge in [-0.2, -0.15) is 0 Å². The zero-order valence-corrected chi connectivity index (χ0v) is 21.4. The fourth-order valence-electron chi connectivity index (χ4n) is 5.92. The lowest BCUT2D eigenvalue weighted by atomic mass is 9.70. The van der Waals surface area contributed by atoms with Crippen molar-refractivity contribution >= 4 is 39.2 Å². The van der Waals surface area contributed by atoms with Gasteiger partial charge in [-0.3, -0.25) is 14.4 Å². The van der Waals surface area contributed by atoms with Gasteiger partial charge in [0, 0.05) is 39.3 Å². The molecule has 2 heterocycles. The number of hydrogen-bond acceptors (Lipinski definition) is 3. The molecule has 1 fully saturated rings. The fraction of sp³-hybridized carbons (Fsp3) is 0.129. The van der Waals surface area contributed by atoms with Gasteiger partial charge in [-0.15, -0.1) is 0 Å². The van der Waals surface area contributed by atoms with Crippen LogP contribution in [0.25, 0.3) is 0 Å². The third kappa shape index (κ3) is 3.63. The van der Waals surface area contributed by atoms with E-state index in [2.05, 4.69) is 21.2 Å². The van der Waals surface area contributed by atoms with Crippen LogP contribution in [-0.2, 0) is 10.3 Å². The molecular formula is C31H23BrN2O3. The number of benzene rings is 4. The molecule has 4 aromatic carbocycles. The van der Waals surface area contributed by atoms with Crippen LogP contribution in [0.2, 0.25) is 0 Å². The van der Waals surface area contributed by atoms with Crippen LogP contribution in [0, 0.1) is 5.92 Å². The molecule has 0 aromatic heterocycles. The van der Waals surface area contributed by atoms with Crippen molar-refractivity contribution in [1.82, 2.24) is 4.90 Å². The maximum atomic E-state index is 14.4. The Kier molecular flexibility index (Phi) is 5.76. The quantitative estimate of drug-likeness (QED) is 0.315. The van der Waals surface area contributed by atoms with Crippen molar-refractivity contribution < 1.29 is 14.4 Å². The van der Waals surface area contributed by atoms with Crippen LogP contribution in [-0.4, -0.2) is 29.0 Å². The van der Waals surface area contributed by atoms with E-state index in [0.29, 0.717) is 22.4 Å². The number of likely N-dealkylation sites (tertiary alicyclic amines) is 1. The molecule has 0 aliphatic carbocycles. The third-order valence-electron chi connectivity index (χ3n) is 7.47. The fourth-order valence-corrected chi connectivity index (χ4v) is 6.32. The van der Waals surface area contributed by atoms with Crippen molar-refractivity contribution in [3.8, 4) is 0 Å². The lowest BCUT2D eigenvalue weighted by Crippen LogP contribution is -2.54. The second-order valence-corrected chi connectivity index (χ2v) is 10.3. The first-order valence-electron chi connectivity index (χ1n) is 12.1. The number of hydrogen-bond donors (Lipinski definition) is 1. The summed E-state index contributed by atoms with van der Waals surface area (Å²) in [6.45, 7) is 0.223. The standard InChI is InChI=1S/C31H23BrN2O3/c32-23-15-9-14-22(18-23)29(36)34-19-24(20-10-3-1-4-11-20)27(28(35)21-12-5-2-6-13-21)31(34)25-16-7-8-17-26(25)33-30(31)37/h1-18,24,27H,19H2,(H,33,37). The normalized spacial score (nSPS) is 22.1. The summed E-state index contributed by atoms with van der Waals surface area (Å²) in [5, 5.41) is 2.99. The van der Waals surface area contributed by atoms with Gasteiger partial charge in [-0.05, 0) is 29.8 Å². The lowest BCUT2D eigenvalue weighted by Gasteiger charge is -2.37. The Hall–Kier alpha value is -4.03. The minimum absolute atomic E-state index is 0.161. The Morgan fingerprint density at radius 2 is 1.46 bits per heavy atom. The van der Waals surface area contributed by atoms with E-state index in [9.17, 15) is 14.4 Å². The van der Waals surface area contributed by atoms with Gasteiger partial charge in [0.25, 0.3) is 11.8 Å². The summed E-state index contributed by atoms with van der Waals surface area (Å²) < 4.78 is 0.763. The van der Waals surface area contributed by atoms with Crippen LogP contribution >= 0.6 is 15.9 Å². The summed E-state index contributed by atoms with van der Waals surface area (Å²) in [5.41, 5.74) is 1.66. The van der Waals surface area contributed by atoms with Gasteiger partial charge < -0.3 is 10.2 Å². The van der Waals surface area contributed by atoms with Gasteiger partial charge in [0.15, 0.2) is 11.3 Å². The molecule has 4 aromatic rings. The van der Waals surface area contributed by atoms with Crippen molar-refractivity contribution in [2.75, 3.05) is 11.9 Å². The molecule has 3 atom stereocenters. The van der Waals surface area contributed by atoms with Gasteiger partial charge in [0.1, 0.15) is 0 Å². The maximum Gasteiger partial charge on any atom is 0.255 e. The van der Waals surface area contributed by atoms with E-state index in [0.717, 1.165) is 10.0 Å². The molecule has 1 N–H and O–H groups in total. The van der Waals surface area contributed by atoms with Crippen molar-refractivity contribution in [1.29, 1.82) is 0 Å². The highest BCUT2D eigenvalue weighted by Gasteiger charge is 2.66. The molecule has 37 heavy (non-hydrogen) atoms. The number of amides is 2. The molecule has 6 heteroatoms. The summed E-state index contributed by atoms with van der Waals surface area (Å²) in [5.74, 6) is -2.02. The first-order valence-corrected chi connectivity index (χ1v) is 12.9. The molecule has 2 amide bonds. The highest BCUT2D eigenvalue weighted by atomic mass is 79.9. The van der Waals surface area contributed by atoms with Crippen molar-refractivity contribution in [3.05, 3.63) is 136 Å². The van der Waals surface area contributed by atoms with Gasteiger partial charge in [0.2, 0.25) is 0 Å². The Morgan fingerprint density at radius 3 is 2.19 bits per heavy atom. The van der Waals surface area contributed by atoms with E-state index in [1.165, 1.54) is 0 Å². The third-order valence-corrected chi connectivity index (χ3v) is 7.97. The van der Waals surface area contributed by atoms with Gasteiger partial charge in [-0.1, -0.05) is 101 Å². The minimum Gasteiger partial charge on any atom is -0.323 e. The first kappa shape index (κ1) is 23.4. The predicted octanol–water partition coefficient (Wildman–Crippen LogP) is 6.04. The Balaban J connectivity index is 1.62. The summed E-state index contributed by atoms with van der Waals surface area (Å²) in [6.07, 6.45) is 0. The van der Waals surface area contributed by atoms with Gasteiger partial charge >= 0.3 is 0 Å². The SMILES string of the molecule is O=C(c1ccccc1)C1C(c2ccccc2)CN(C(=O)c2cccc(Br)c2)C12C(=O)Nc1ccccc12. The molecule has 0 radical (unpaired) electrons.